The van der Waals surface area contributed by atoms with Crippen molar-refractivity contribution in [3.63, 3.8) is 0 Å². The quantitative estimate of drug-likeness (QED) is 0.823. The highest BCUT2D eigenvalue weighted by molar-refractivity contribution is 5.75. The van der Waals surface area contributed by atoms with Crippen molar-refractivity contribution in [2.75, 3.05) is 0 Å². The summed E-state index contributed by atoms with van der Waals surface area (Å²) in [6.07, 6.45) is 1.04. The van der Waals surface area contributed by atoms with Crippen LogP contribution >= 0.6 is 0 Å². The fraction of sp³-hybridized carbons (Fsp3) is 0.462. The van der Waals surface area contributed by atoms with Crippen LogP contribution in [0.15, 0.2) is 24.3 Å². The monoisotopic (exact) mass is 207 g/mol. The van der Waals surface area contributed by atoms with Gasteiger partial charge in [-0.3, -0.25) is 4.79 Å². The molecule has 0 heterocycles. The highest BCUT2D eigenvalue weighted by atomic mass is 16.4. The first-order valence-corrected chi connectivity index (χ1v) is 5.32. The van der Waals surface area contributed by atoms with Gasteiger partial charge in [0.15, 0.2) is 0 Å². The van der Waals surface area contributed by atoms with Crippen molar-refractivity contribution in [2.45, 2.75) is 33.1 Å². The molecule has 1 atom stereocenters. The number of carbonyl (C=O) groups is 1. The number of hydrogen-bond donors (Lipinski definition) is 1. The molecule has 0 bridgehead atoms. The molecule has 1 aromatic rings. The zero-order chi connectivity index (χ0) is 11.4. The van der Waals surface area contributed by atoms with Crippen LogP contribution in [-0.2, 0) is 11.2 Å². The summed E-state index contributed by atoms with van der Waals surface area (Å²) in [6.45, 7) is 6.06. The van der Waals surface area contributed by atoms with E-state index in [1.54, 1.807) is 6.92 Å². The highest BCUT2D eigenvalue weighted by Crippen LogP contribution is 2.17. The maximum absolute atomic E-state index is 10.8. The van der Waals surface area contributed by atoms with Gasteiger partial charge in [0.2, 0.25) is 0 Å². The van der Waals surface area contributed by atoms with Gasteiger partial charge in [0.05, 0.1) is 5.92 Å². The summed E-state index contributed by atoms with van der Waals surface area (Å²) in [5.41, 5.74) is 2.14. The number of carboxylic acids is 1. The summed E-state index contributed by atoms with van der Waals surface area (Å²) in [4.78, 5) is 10.8. The number of benzene rings is 1. The molecule has 1 rings (SSSR count). The molecule has 0 saturated heterocycles. The minimum absolute atomic E-state index is 0. The molecule has 0 aliphatic carbocycles. The molecule has 1 N–H and O–H groups in total. The largest absolute Gasteiger partial charge is 1.00 e. The fourth-order valence-electron chi connectivity index (χ4n) is 1.56. The molecule has 0 amide bonds. The van der Waals surface area contributed by atoms with Crippen LogP contribution in [0.4, 0.5) is 0 Å². The predicted octanol–water partition coefficient (Wildman–Crippen LogP) is 3.19. The maximum Gasteiger partial charge on any atom is 1.00 e. The third-order valence-electron chi connectivity index (χ3n) is 2.49. The van der Waals surface area contributed by atoms with Gasteiger partial charge in [-0.05, 0) is 30.4 Å². The first-order valence-electron chi connectivity index (χ1n) is 5.32. The van der Waals surface area contributed by atoms with Crippen LogP contribution < -0.4 is 0 Å². The first kappa shape index (κ1) is 11.8. The van der Waals surface area contributed by atoms with Gasteiger partial charge < -0.3 is 5.11 Å². The van der Waals surface area contributed by atoms with Crippen LogP contribution in [0.3, 0.4) is 0 Å². The minimum atomic E-state index is -0.772. The molecule has 15 heavy (non-hydrogen) atoms. The van der Waals surface area contributed by atoms with Crippen molar-refractivity contribution in [1.29, 1.82) is 0 Å². The van der Waals surface area contributed by atoms with Crippen molar-refractivity contribution in [1.82, 2.24) is 0 Å². The lowest BCUT2D eigenvalue weighted by Gasteiger charge is -2.09. The van der Waals surface area contributed by atoms with Gasteiger partial charge in [0.25, 0.3) is 0 Å². The topological polar surface area (TPSA) is 37.3 Å². The van der Waals surface area contributed by atoms with E-state index in [4.69, 9.17) is 5.11 Å². The Balaban J connectivity index is 0.00000225. The lowest BCUT2D eigenvalue weighted by atomic mass is 9.97. The number of hydrogen-bond acceptors (Lipinski definition) is 1. The smallest absolute Gasteiger partial charge is 0.481 e. The summed E-state index contributed by atoms with van der Waals surface area (Å²) in [6, 6.07) is 7.87. The van der Waals surface area contributed by atoms with E-state index in [0.717, 1.165) is 12.0 Å². The van der Waals surface area contributed by atoms with Crippen molar-refractivity contribution in [3.05, 3.63) is 35.4 Å². The molecular weight excluding hydrogens is 188 g/mol. The van der Waals surface area contributed by atoms with Crippen LogP contribution in [0.1, 0.15) is 39.2 Å². The van der Waals surface area contributed by atoms with E-state index >= 15 is 0 Å². The number of aliphatic carboxylic acids is 1. The Morgan fingerprint density at radius 1 is 1.27 bits per heavy atom. The Morgan fingerprint density at radius 2 is 1.80 bits per heavy atom. The lowest BCUT2D eigenvalue weighted by Crippen LogP contribution is -2.07. The van der Waals surface area contributed by atoms with Gasteiger partial charge in [-0.25, -0.2) is 0 Å². The summed E-state index contributed by atoms with van der Waals surface area (Å²) < 4.78 is 0. The molecule has 2 heteroatoms. The summed E-state index contributed by atoms with van der Waals surface area (Å²) >= 11 is 0. The fourth-order valence-corrected chi connectivity index (χ4v) is 1.56. The molecule has 0 aliphatic heterocycles. The third-order valence-corrected chi connectivity index (χ3v) is 2.49. The number of carboxylic acid groups (broad SMARTS) is 1. The molecule has 0 unspecified atom stereocenters. The third kappa shape index (κ3) is 3.39. The van der Waals surface area contributed by atoms with Crippen LogP contribution in [0.25, 0.3) is 0 Å². The van der Waals surface area contributed by atoms with E-state index in [1.165, 1.54) is 5.56 Å². The first-order chi connectivity index (χ1) is 7.00. The van der Waals surface area contributed by atoms with E-state index < -0.39 is 11.9 Å². The molecule has 0 aliphatic rings. The van der Waals surface area contributed by atoms with Crippen LogP contribution in [0.5, 0.6) is 0 Å². The Labute approximate surface area is 92.4 Å². The number of rotatable bonds is 4. The minimum Gasteiger partial charge on any atom is -0.481 e. The standard InChI is InChI=1S/C13H18O2/c1-9(2)8-11-4-6-12(7-5-11)10(3)13(14)15/h4-7,9-10H,8H2,1-3H3,(H,14,15)/p+1/t10-/m0/s1. The van der Waals surface area contributed by atoms with E-state index in [1.807, 2.05) is 24.3 Å². The molecule has 0 fully saturated rings. The SMILES string of the molecule is CC(C)Cc1ccc([C@H](C)C(=O)O)cc1.[H+]. The molecule has 2 nitrogen and oxygen atoms in total. The normalized spacial score (nSPS) is 12.8. The van der Waals surface area contributed by atoms with Gasteiger partial charge in [-0.1, -0.05) is 38.1 Å². The van der Waals surface area contributed by atoms with E-state index in [2.05, 4.69) is 13.8 Å². The molecule has 0 radical (unpaired) electrons. The summed E-state index contributed by atoms with van der Waals surface area (Å²) in [5.74, 6) is -0.558. The van der Waals surface area contributed by atoms with Crippen LogP contribution in [-0.4, -0.2) is 11.1 Å². The Hall–Kier alpha value is -1.31. The Kier molecular flexibility index (Phi) is 3.89. The Morgan fingerprint density at radius 3 is 2.20 bits per heavy atom. The van der Waals surface area contributed by atoms with Crippen molar-refractivity contribution in [2.24, 2.45) is 5.92 Å². The average Bonchev–Trinajstić information content (AvgIpc) is 2.17. The molecule has 1 aromatic carbocycles. The highest BCUT2D eigenvalue weighted by Gasteiger charge is 2.12. The van der Waals surface area contributed by atoms with Crippen molar-refractivity contribution >= 4 is 5.97 Å². The maximum atomic E-state index is 10.8. The summed E-state index contributed by atoms with van der Waals surface area (Å²) in [7, 11) is 0. The zero-order valence-corrected chi connectivity index (χ0v) is 9.53. The van der Waals surface area contributed by atoms with Crippen LogP contribution in [0, 0.1) is 5.92 Å². The lowest BCUT2D eigenvalue weighted by molar-refractivity contribution is -0.138. The molecule has 0 aromatic heterocycles. The van der Waals surface area contributed by atoms with Gasteiger partial charge in [0, 0.05) is 0 Å². The van der Waals surface area contributed by atoms with E-state index in [9.17, 15) is 4.79 Å². The predicted molar refractivity (Wildman–Crippen MR) is 62.1 cm³/mol. The molecule has 82 valence electrons. The second-order valence-electron chi connectivity index (χ2n) is 4.40. The molecule has 0 spiro atoms. The zero-order valence-electron chi connectivity index (χ0n) is 10.5. The average molecular weight is 207 g/mol. The van der Waals surface area contributed by atoms with Gasteiger partial charge >= 0.3 is 7.40 Å². The second kappa shape index (κ2) is 4.96. The molecule has 0 saturated carbocycles. The Bertz CT molecular complexity index is 330. The van der Waals surface area contributed by atoms with E-state index in [-0.39, 0.29) is 1.43 Å². The van der Waals surface area contributed by atoms with E-state index in [0.29, 0.717) is 5.92 Å². The van der Waals surface area contributed by atoms with Gasteiger partial charge in [-0.15, -0.1) is 0 Å². The van der Waals surface area contributed by atoms with Gasteiger partial charge in [0.1, 0.15) is 0 Å². The molecular formula is C13H19O2+. The second-order valence-corrected chi connectivity index (χ2v) is 4.40. The van der Waals surface area contributed by atoms with Crippen molar-refractivity contribution in [3.8, 4) is 0 Å². The van der Waals surface area contributed by atoms with Gasteiger partial charge in [-0.2, -0.15) is 0 Å². The van der Waals surface area contributed by atoms with Crippen LogP contribution in [0.2, 0.25) is 0 Å². The summed E-state index contributed by atoms with van der Waals surface area (Å²) in [5, 5.41) is 8.85. The van der Waals surface area contributed by atoms with Crippen molar-refractivity contribution < 1.29 is 11.3 Å².